The fraction of sp³-hybridized carbons (Fsp3) is 0.714. The molecule has 0 unspecified atom stereocenters. The molecule has 11 nitrogen and oxygen atoms in total. The number of hydrogen-bond acceptors (Lipinski definition) is 9. The van der Waals surface area contributed by atoms with Gasteiger partial charge in [-0.2, -0.15) is 0 Å². The van der Waals surface area contributed by atoms with Crippen LogP contribution in [0.25, 0.3) is 11.2 Å². The Morgan fingerprint density at radius 2 is 2.06 bits per heavy atom. The summed E-state index contributed by atoms with van der Waals surface area (Å²) >= 11 is 0. The molecule has 32 heavy (non-hydrogen) atoms. The molecule has 3 heterocycles. The Labute approximate surface area is 187 Å². The molecule has 176 valence electrons. The van der Waals surface area contributed by atoms with Gasteiger partial charge in [-0.05, 0) is 12.3 Å². The molecule has 5 atom stereocenters. The summed E-state index contributed by atoms with van der Waals surface area (Å²) in [4.78, 5) is 27.5. The highest BCUT2D eigenvalue weighted by atomic mass is 16.5. The molecule has 2 aromatic rings. The number of imidazole rings is 1. The highest BCUT2D eigenvalue weighted by Gasteiger charge is 2.46. The van der Waals surface area contributed by atoms with Crippen LogP contribution in [-0.4, -0.2) is 80.6 Å². The van der Waals surface area contributed by atoms with E-state index in [0.717, 1.165) is 12.8 Å². The van der Waals surface area contributed by atoms with Crippen molar-refractivity contribution in [2.75, 3.05) is 25.6 Å². The van der Waals surface area contributed by atoms with Gasteiger partial charge < -0.3 is 30.9 Å². The first kappa shape index (κ1) is 22.8. The molecule has 1 saturated heterocycles. The van der Waals surface area contributed by atoms with Crippen molar-refractivity contribution in [3.8, 4) is 0 Å². The summed E-state index contributed by atoms with van der Waals surface area (Å²) in [5, 5.41) is 23.7. The second-order valence-corrected chi connectivity index (χ2v) is 9.03. The number of carbonyl (C=O) groups excluding carboxylic acids is 1. The van der Waals surface area contributed by atoms with Crippen LogP contribution in [0, 0.1) is 5.92 Å². The number of aliphatic hydroxyl groups is 2. The van der Waals surface area contributed by atoms with Gasteiger partial charge in [0.15, 0.2) is 23.2 Å². The zero-order chi connectivity index (χ0) is 22.8. The molecule has 5 N–H and O–H groups in total. The summed E-state index contributed by atoms with van der Waals surface area (Å²) in [6, 6.07) is -1.46. The molecule has 2 aliphatic rings. The van der Waals surface area contributed by atoms with Gasteiger partial charge in [0.05, 0.1) is 25.0 Å². The third-order valence-electron chi connectivity index (χ3n) is 6.55. The average Bonchev–Trinajstić information content (AvgIpc) is 3.35. The quantitative estimate of drug-likeness (QED) is 0.457. The van der Waals surface area contributed by atoms with E-state index in [4.69, 9.17) is 10.5 Å². The molecule has 1 aliphatic carbocycles. The van der Waals surface area contributed by atoms with Crippen molar-refractivity contribution in [3.05, 3.63) is 12.7 Å². The highest BCUT2D eigenvalue weighted by molar-refractivity contribution is 5.83. The van der Waals surface area contributed by atoms with E-state index in [0.29, 0.717) is 29.3 Å². The second-order valence-electron chi connectivity index (χ2n) is 9.03. The van der Waals surface area contributed by atoms with Crippen LogP contribution in [-0.2, 0) is 9.53 Å². The largest absolute Gasteiger partial charge is 0.394 e. The first-order valence-electron chi connectivity index (χ1n) is 11.3. The molecule has 4 rings (SSSR count). The maximum atomic E-state index is 12.8. The van der Waals surface area contributed by atoms with E-state index >= 15 is 0 Å². The summed E-state index contributed by atoms with van der Waals surface area (Å²) in [6.07, 6.45) is 6.60. The van der Waals surface area contributed by atoms with Crippen LogP contribution in [0.15, 0.2) is 12.7 Å². The van der Waals surface area contributed by atoms with Gasteiger partial charge in [-0.15, -0.1) is 0 Å². The summed E-state index contributed by atoms with van der Waals surface area (Å²) < 4.78 is 7.51. The lowest BCUT2D eigenvalue weighted by molar-refractivity contribution is -0.124. The molecule has 2 aromatic heterocycles. The maximum Gasteiger partial charge on any atom is 0.237 e. The zero-order valence-corrected chi connectivity index (χ0v) is 18.6. The van der Waals surface area contributed by atoms with Gasteiger partial charge in [0.2, 0.25) is 5.91 Å². The molecule has 0 aromatic carbocycles. The number of nitrogens with zero attached hydrogens (tertiary/aromatic N) is 5. The fourth-order valence-corrected chi connectivity index (χ4v) is 4.82. The van der Waals surface area contributed by atoms with Crippen molar-refractivity contribution in [1.82, 2.24) is 24.8 Å². The lowest BCUT2D eigenvalue weighted by Gasteiger charge is -2.26. The Hall–Kier alpha value is -2.34. The van der Waals surface area contributed by atoms with E-state index in [1.165, 1.54) is 31.9 Å². The summed E-state index contributed by atoms with van der Waals surface area (Å²) in [5.74, 6) is 0.757. The van der Waals surface area contributed by atoms with Crippen molar-refractivity contribution >= 4 is 22.9 Å². The number of aliphatic hydroxyl groups excluding tert-OH is 2. The molecule has 1 aliphatic heterocycles. The Kier molecular flexibility index (Phi) is 6.89. The van der Waals surface area contributed by atoms with E-state index < -0.39 is 30.5 Å². The third kappa shape index (κ3) is 4.42. The molecule has 2 fully saturated rings. The molecule has 0 spiro atoms. The molecule has 0 radical (unpaired) electrons. The lowest BCUT2D eigenvalue weighted by atomic mass is 9.85. The summed E-state index contributed by atoms with van der Waals surface area (Å²) in [7, 11) is 3.71. The second kappa shape index (κ2) is 9.65. The molecular weight excluding hydrogens is 414 g/mol. The van der Waals surface area contributed by atoms with Crippen molar-refractivity contribution < 1.29 is 19.7 Å². The number of amides is 1. The van der Waals surface area contributed by atoms with Gasteiger partial charge in [-0.1, -0.05) is 32.1 Å². The molecule has 1 amide bonds. The Bertz CT molecular complexity index is 930. The molecular formula is C21H33N7O4. The molecule has 0 bridgehead atoms. The number of nitrogens with two attached hydrogens (primary N) is 1. The number of carbonyl (C=O) groups is 1. The van der Waals surface area contributed by atoms with E-state index in [-0.39, 0.29) is 12.5 Å². The first-order chi connectivity index (χ1) is 15.4. The molecule has 1 saturated carbocycles. The Morgan fingerprint density at radius 1 is 1.31 bits per heavy atom. The predicted octanol–water partition coefficient (Wildman–Crippen LogP) is -0.0746. The van der Waals surface area contributed by atoms with Crippen molar-refractivity contribution in [1.29, 1.82) is 0 Å². The standard InChI is InChI=1S/C21H33N7O4/c1-27(2)18-16-19(24-10-23-18)28(11-25-16)21-17(30)15(14(9-29)32-21)26-20(31)13(22)8-12-6-4-3-5-7-12/h10-15,17,21,29-30H,3-9,22H2,1-2H3,(H,26,31)/t13-,14+,15+,17+,21+/m0/s1. The third-order valence-corrected chi connectivity index (χ3v) is 6.55. The first-order valence-corrected chi connectivity index (χ1v) is 11.3. The minimum atomic E-state index is -1.12. The van der Waals surface area contributed by atoms with Gasteiger partial charge in [-0.3, -0.25) is 9.36 Å². The van der Waals surface area contributed by atoms with E-state index in [9.17, 15) is 15.0 Å². The predicted molar refractivity (Wildman–Crippen MR) is 118 cm³/mol. The van der Waals surface area contributed by atoms with Crippen LogP contribution >= 0.6 is 0 Å². The smallest absolute Gasteiger partial charge is 0.237 e. The topological polar surface area (TPSA) is 152 Å². The van der Waals surface area contributed by atoms with E-state index in [1.54, 1.807) is 4.57 Å². The monoisotopic (exact) mass is 447 g/mol. The van der Waals surface area contributed by atoms with Gasteiger partial charge >= 0.3 is 0 Å². The van der Waals surface area contributed by atoms with Crippen molar-refractivity contribution in [2.24, 2.45) is 11.7 Å². The SMILES string of the molecule is CN(C)c1ncnc2c1ncn2[C@@H]1O[C@H](CO)[C@@H](NC(=O)[C@@H](N)CC2CCCCC2)[C@H]1O. The van der Waals surface area contributed by atoms with Gasteiger partial charge in [-0.25, -0.2) is 15.0 Å². The van der Waals surface area contributed by atoms with Gasteiger partial charge in [0, 0.05) is 14.1 Å². The lowest BCUT2D eigenvalue weighted by Crippen LogP contribution is -2.53. The number of hydrogen-bond donors (Lipinski definition) is 4. The van der Waals surface area contributed by atoms with Crippen LogP contribution in [0.4, 0.5) is 5.82 Å². The van der Waals surface area contributed by atoms with E-state index in [2.05, 4.69) is 20.3 Å². The fourth-order valence-electron chi connectivity index (χ4n) is 4.82. The van der Waals surface area contributed by atoms with Crippen molar-refractivity contribution in [3.63, 3.8) is 0 Å². The number of rotatable bonds is 7. The number of ether oxygens (including phenoxy) is 1. The normalized spacial score (nSPS) is 27.5. The van der Waals surface area contributed by atoms with E-state index in [1.807, 2.05) is 19.0 Å². The number of aromatic nitrogens is 4. The molecule has 11 heteroatoms. The summed E-state index contributed by atoms with van der Waals surface area (Å²) in [5.41, 5.74) is 7.23. The zero-order valence-electron chi connectivity index (χ0n) is 18.6. The summed E-state index contributed by atoms with van der Waals surface area (Å²) in [6.45, 7) is -0.360. The minimum absolute atomic E-state index is 0.338. The number of fused-ring (bicyclic) bond motifs is 1. The number of nitrogens with one attached hydrogen (secondary N) is 1. The van der Waals surface area contributed by atoms with Crippen LogP contribution < -0.4 is 16.0 Å². The maximum absolute atomic E-state index is 12.8. The minimum Gasteiger partial charge on any atom is -0.394 e. The van der Waals surface area contributed by atoms with Crippen LogP contribution in [0.3, 0.4) is 0 Å². The van der Waals surface area contributed by atoms with Crippen LogP contribution in [0.5, 0.6) is 0 Å². The number of anilines is 1. The Balaban J connectivity index is 1.49. The average molecular weight is 448 g/mol. The van der Waals surface area contributed by atoms with Crippen LogP contribution in [0.2, 0.25) is 0 Å². The Morgan fingerprint density at radius 3 is 2.75 bits per heavy atom. The van der Waals surface area contributed by atoms with Crippen LogP contribution in [0.1, 0.15) is 44.8 Å². The van der Waals surface area contributed by atoms with Crippen molar-refractivity contribution in [2.45, 2.75) is 69.0 Å². The highest BCUT2D eigenvalue weighted by Crippen LogP contribution is 2.33. The van der Waals surface area contributed by atoms with Gasteiger partial charge in [0.25, 0.3) is 0 Å². The van der Waals surface area contributed by atoms with Gasteiger partial charge in [0.1, 0.15) is 18.5 Å².